The number of nitrogens with one attached hydrogen (secondary N) is 4. The number of halogens is 1. The fourth-order valence-corrected chi connectivity index (χ4v) is 6.64. The highest BCUT2D eigenvalue weighted by atomic mass is 19.1. The maximum absolute atomic E-state index is 13.7. The maximum atomic E-state index is 13.7. The van der Waals surface area contributed by atoms with E-state index in [-0.39, 0.29) is 70.6 Å². The van der Waals surface area contributed by atoms with Gasteiger partial charge in [-0.1, -0.05) is 36.4 Å². The first-order valence-electron chi connectivity index (χ1n) is 19.7. The summed E-state index contributed by atoms with van der Waals surface area (Å²) in [6.07, 6.45) is 3.09. The number of aromatic nitrogens is 3. The summed E-state index contributed by atoms with van der Waals surface area (Å²) in [7, 11) is 2.37. The van der Waals surface area contributed by atoms with Crippen molar-refractivity contribution in [1.82, 2.24) is 15.4 Å². The minimum atomic E-state index is -1.42. The van der Waals surface area contributed by atoms with Gasteiger partial charge in [-0.15, -0.1) is 0 Å². The molecule has 0 saturated heterocycles. The van der Waals surface area contributed by atoms with Gasteiger partial charge in [-0.25, -0.2) is 9.18 Å². The predicted molar refractivity (Wildman–Crippen MR) is 235 cm³/mol. The van der Waals surface area contributed by atoms with Crippen LogP contribution in [0, 0.1) is 11.7 Å². The quantitative estimate of drug-likeness (QED) is 0.0344. The number of ether oxygens (including phenoxy) is 2. The van der Waals surface area contributed by atoms with Crippen molar-refractivity contribution in [3.05, 3.63) is 154 Å². The van der Waals surface area contributed by atoms with Gasteiger partial charge in [0.2, 0.25) is 5.91 Å². The Bertz CT molecular complexity index is 2790. The van der Waals surface area contributed by atoms with Crippen molar-refractivity contribution in [1.29, 1.82) is 0 Å². The van der Waals surface area contributed by atoms with E-state index in [9.17, 15) is 48.5 Å². The number of aromatic hydroxyl groups is 2. The number of carbonyl (C=O) groups excluding carboxylic acids is 5. The number of methoxy groups -OCH3 is 2. The number of amides is 3. The van der Waals surface area contributed by atoms with E-state index < -0.39 is 46.7 Å². The first-order valence-corrected chi connectivity index (χ1v) is 19.7. The number of H-pyrrole nitrogens is 1. The van der Waals surface area contributed by atoms with Crippen molar-refractivity contribution in [3.63, 3.8) is 0 Å². The lowest BCUT2D eigenvalue weighted by Gasteiger charge is -2.17. The van der Waals surface area contributed by atoms with Crippen LogP contribution in [0.25, 0.3) is 6.08 Å². The monoisotopic (exact) mass is 884 g/mol. The molecule has 0 unspecified atom stereocenters. The van der Waals surface area contributed by atoms with Crippen LogP contribution in [0.1, 0.15) is 71.6 Å². The Balaban J connectivity index is 1.08. The van der Waals surface area contributed by atoms with Gasteiger partial charge in [-0.3, -0.25) is 24.0 Å². The van der Waals surface area contributed by atoms with E-state index in [1.54, 1.807) is 49.4 Å². The number of phenols is 2. The molecule has 18 heteroatoms. The Labute approximate surface area is 369 Å². The van der Waals surface area contributed by atoms with E-state index in [1.807, 2.05) is 0 Å². The Morgan fingerprint density at radius 1 is 0.738 bits per heavy atom. The highest BCUT2D eigenvalue weighted by Gasteiger charge is 2.26. The van der Waals surface area contributed by atoms with Gasteiger partial charge >= 0.3 is 5.97 Å². The molecule has 1 heterocycles. The summed E-state index contributed by atoms with van der Waals surface area (Å²) in [4.78, 5) is 77.9. The molecular weight excluding hydrogens is 844 g/mol. The topological polar surface area (TPSA) is 259 Å². The van der Waals surface area contributed by atoms with Crippen molar-refractivity contribution in [3.8, 4) is 23.0 Å². The van der Waals surface area contributed by atoms with Gasteiger partial charge in [0.25, 0.3) is 11.8 Å². The van der Waals surface area contributed by atoms with Gasteiger partial charge in [0.15, 0.2) is 34.6 Å². The number of Topliss-reactive ketones (excluding diaryl/α,β-unsaturated/α-hetero) is 2. The standard InChI is InChI=1S/C47H41FN6O11/c1-25(20-26-6-12-31(48)13-7-26)38(55)21-27-4-8-28(9-5-27)39(56)23-30(22-33-24-49-54-53-33)45(60)50-32-14-10-29(11-15-32)44(59)51-36-18-16-34(40(57)42(36)64-2)46(61)52-37-19-17-35(47(62)63)41(58)43(37)65-3/h4-20,24,30,57-58H,21-23H2,1-3H3,(H,50,60)(H,51,59)(H,52,61)(H,62,63)(H,49,53,54)/b25-20+/t30-/m1/s1. The number of carboxylic acid groups (broad SMARTS) is 1. The number of carboxylic acids is 1. The van der Waals surface area contributed by atoms with Gasteiger partial charge < -0.3 is 40.7 Å². The number of allylic oxidation sites excluding steroid dienone is 1. The van der Waals surface area contributed by atoms with E-state index in [2.05, 4.69) is 31.4 Å². The molecule has 0 radical (unpaired) electrons. The van der Waals surface area contributed by atoms with Crippen LogP contribution >= 0.6 is 0 Å². The highest BCUT2D eigenvalue weighted by molar-refractivity contribution is 6.10. The lowest BCUT2D eigenvalue weighted by atomic mass is 9.92. The molecule has 0 aliphatic rings. The van der Waals surface area contributed by atoms with Gasteiger partial charge in [0, 0.05) is 36.1 Å². The number of ketones is 2. The molecular formula is C47H41FN6O11. The molecule has 0 fully saturated rings. The molecule has 6 aromatic rings. The second-order valence-corrected chi connectivity index (χ2v) is 14.5. The molecule has 65 heavy (non-hydrogen) atoms. The third-order valence-corrected chi connectivity index (χ3v) is 10.1. The number of anilines is 3. The van der Waals surface area contributed by atoms with Crippen LogP contribution in [0.4, 0.5) is 21.5 Å². The fraction of sp³-hybridized carbons (Fsp3) is 0.149. The fourth-order valence-electron chi connectivity index (χ4n) is 6.64. The Kier molecular flexibility index (Phi) is 14.4. The van der Waals surface area contributed by atoms with Crippen LogP contribution < -0.4 is 25.4 Å². The smallest absolute Gasteiger partial charge is 0.339 e. The number of carbonyl (C=O) groups is 6. The minimum Gasteiger partial charge on any atom is -0.504 e. The van der Waals surface area contributed by atoms with Crippen molar-refractivity contribution in [2.75, 3.05) is 30.2 Å². The number of aromatic carboxylic acids is 1. The summed E-state index contributed by atoms with van der Waals surface area (Å²) < 4.78 is 23.7. The summed E-state index contributed by atoms with van der Waals surface area (Å²) in [6, 6.07) is 22.9. The second kappa shape index (κ2) is 20.5. The Morgan fingerprint density at radius 3 is 1.91 bits per heavy atom. The second-order valence-electron chi connectivity index (χ2n) is 14.5. The normalized spacial score (nSPS) is 11.5. The zero-order chi connectivity index (χ0) is 46.8. The van der Waals surface area contributed by atoms with Crippen molar-refractivity contribution >= 4 is 58.4 Å². The van der Waals surface area contributed by atoms with Crippen molar-refractivity contribution < 1.29 is 58.0 Å². The lowest BCUT2D eigenvalue weighted by molar-refractivity contribution is -0.120. The first kappa shape index (κ1) is 45.8. The summed E-state index contributed by atoms with van der Waals surface area (Å²) in [6.45, 7) is 1.68. The molecule has 0 saturated carbocycles. The molecule has 17 nitrogen and oxygen atoms in total. The zero-order valence-electron chi connectivity index (χ0n) is 35.0. The Hall–Kier alpha value is -8.67. The van der Waals surface area contributed by atoms with Gasteiger partial charge in [0.05, 0.1) is 49.0 Å². The summed E-state index contributed by atoms with van der Waals surface area (Å²) in [5.74, 6) is -7.10. The van der Waals surface area contributed by atoms with Crippen LogP contribution in [0.3, 0.4) is 0 Å². The van der Waals surface area contributed by atoms with Gasteiger partial charge in [-0.05, 0) is 90.4 Å². The summed E-state index contributed by atoms with van der Waals surface area (Å²) in [5, 5.41) is 48.7. The van der Waals surface area contributed by atoms with Gasteiger partial charge in [-0.2, -0.15) is 15.4 Å². The molecule has 0 aliphatic carbocycles. The van der Waals surface area contributed by atoms with Crippen molar-refractivity contribution in [2.24, 2.45) is 5.92 Å². The van der Waals surface area contributed by atoms with E-state index in [0.29, 0.717) is 33.6 Å². The maximum Gasteiger partial charge on any atom is 0.339 e. The summed E-state index contributed by atoms with van der Waals surface area (Å²) >= 11 is 0. The number of rotatable bonds is 18. The zero-order valence-corrected chi connectivity index (χ0v) is 35.0. The molecule has 1 aromatic heterocycles. The minimum absolute atomic E-state index is 0.000715. The predicted octanol–water partition coefficient (Wildman–Crippen LogP) is 6.86. The van der Waals surface area contributed by atoms with E-state index >= 15 is 0 Å². The van der Waals surface area contributed by atoms with Crippen LogP contribution in [0.5, 0.6) is 23.0 Å². The molecule has 5 aromatic carbocycles. The van der Waals surface area contributed by atoms with Crippen LogP contribution in [-0.4, -0.2) is 80.2 Å². The largest absolute Gasteiger partial charge is 0.504 e. The molecule has 3 amide bonds. The van der Waals surface area contributed by atoms with Crippen LogP contribution in [0.2, 0.25) is 0 Å². The van der Waals surface area contributed by atoms with E-state index in [4.69, 9.17) is 9.47 Å². The van der Waals surface area contributed by atoms with E-state index in [0.717, 1.165) is 13.2 Å². The number of aromatic amines is 1. The number of phenolic OH excluding ortho intramolecular Hbond substituents is 1. The third-order valence-electron chi connectivity index (χ3n) is 10.1. The molecule has 0 spiro atoms. The number of benzene rings is 5. The molecule has 0 aliphatic heterocycles. The van der Waals surface area contributed by atoms with Crippen LogP contribution in [0.15, 0.2) is 109 Å². The number of hydrogen-bond donors (Lipinski definition) is 7. The molecule has 0 bridgehead atoms. The SMILES string of the molecule is COc1c(NC(=O)c2ccc(NC(=O)c3ccc(NC(=O)[C@@H](CC(=O)c4ccc(CC(=O)/C(C)=C/c5ccc(F)cc5)cc4)Cc4cn[nH]n4)cc3)c(OC)c2O)ccc(C(=O)O)c1O. The van der Waals surface area contributed by atoms with Crippen LogP contribution in [-0.2, 0) is 22.4 Å². The molecule has 332 valence electrons. The van der Waals surface area contributed by atoms with E-state index in [1.165, 1.54) is 67.9 Å². The molecule has 1 atom stereocenters. The average Bonchev–Trinajstić information content (AvgIpc) is 3.80. The summed E-state index contributed by atoms with van der Waals surface area (Å²) in [5.41, 5.74) is 2.26. The average molecular weight is 885 g/mol. The third kappa shape index (κ3) is 11.2. The lowest BCUT2D eigenvalue weighted by Crippen LogP contribution is -2.27. The molecule has 7 N–H and O–H groups in total. The molecule has 6 rings (SSSR count). The number of hydrogen-bond acceptors (Lipinski definition) is 12. The highest BCUT2D eigenvalue weighted by Crippen LogP contribution is 2.40. The Morgan fingerprint density at radius 2 is 1.32 bits per heavy atom. The first-order chi connectivity index (χ1) is 31.1. The van der Waals surface area contributed by atoms with Crippen molar-refractivity contribution in [2.45, 2.75) is 26.2 Å². The number of nitrogens with zero attached hydrogens (tertiary/aromatic N) is 2. The van der Waals surface area contributed by atoms with Gasteiger partial charge in [0.1, 0.15) is 11.4 Å².